The summed E-state index contributed by atoms with van der Waals surface area (Å²) >= 11 is 0. The molecule has 2 fully saturated rings. The summed E-state index contributed by atoms with van der Waals surface area (Å²) in [5.41, 5.74) is -0.538. The van der Waals surface area contributed by atoms with Crippen molar-refractivity contribution in [1.29, 1.82) is 0 Å². The Kier molecular flexibility index (Phi) is 3.51. The van der Waals surface area contributed by atoms with E-state index in [1.807, 2.05) is 23.8 Å². The number of carbonyl (C=O) groups is 2. The van der Waals surface area contributed by atoms with E-state index in [1.165, 1.54) is 0 Å². The van der Waals surface area contributed by atoms with Crippen molar-refractivity contribution < 1.29 is 14.7 Å². The van der Waals surface area contributed by atoms with Crippen molar-refractivity contribution >= 4 is 11.9 Å². The van der Waals surface area contributed by atoms with E-state index in [0.29, 0.717) is 18.2 Å². The van der Waals surface area contributed by atoms with Crippen LogP contribution in [-0.4, -0.2) is 27.1 Å². The van der Waals surface area contributed by atoms with Crippen molar-refractivity contribution in [3.05, 3.63) is 24.0 Å². The van der Waals surface area contributed by atoms with Gasteiger partial charge >= 0.3 is 5.97 Å². The molecule has 2 aliphatic carbocycles. The van der Waals surface area contributed by atoms with Crippen molar-refractivity contribution in [2.45, 2.75) is 57.0 Å². The molecule has 5 nitrogen and oxygen atoms in total. The molecule has 21 heavy (non-hydrogen) atoms. The average molecular weight is 290 g/mol. The molecule has 1 heterocycles. The zero-order valence-corrected chi connectivity index (χ0v) is 12.3. The van der Waals surface area contributed by atoms with Gasteiger partial charge in [-0.2, -0.15) is 0 Å². The zero-order chi connectivity index (χ0) is 15.0. The predicted octanol–water partition coefficient (Wildman–Crippen LogP) is 2.59. The number of amides is 1. The minimum absolute atomic E-state index is 0.0444. The fourth-order valence-corrected chi connectivity index (χ4v) is 3.43. The minimum Gasteiger partial charge on any atom is -0.479 e. The van der Waals surface area contributed by atoms with Crippen LogP contribution in [0.5, 0.6) is 0 Å². The lowest BCUT2D eigenvalue weighted by Crippen LogP contribution is -2.60. The molecular formula is C16H22N2O3. The smallest absolute Gasteiger partial charge is 0.329 e. The summed E-state index contributed by atoms with van der Waals surface area (Å²) in [4.78, 5) is 24.4. The van der Waals surface area contributed by atoms with Gasteiger partial charge in [-0.1, -0.05) is 19.8 Å². The second kappa shape index (κ2) is 5.20. The Morgan fingerprint density at radius 1 is 1.33 bits per heavy atom. The molecule has 1 amide bonds. The molecule has 0 radical (unpaired) electrons. The van der Waals surface area contributed by atoms with E-state index in [4.69, 9.17) is 0 Å². The maximum Gasteiger partial charge on any atom is 0.329 e. The number of nitrogens with one attached hydrogen (secondary N) is 1. The van der Waals surface area contributed by atoms with Gasteiger partial charge in [0.2, 0.25) is 0 Å². The predicted molar refractivity (Wildman–Crippen MR) is 78.2 cm³/mol. The molecule has 0 spiro atoms. The number of hydrogen-bond donors (Lipinski definition) is 2. The van der Waals surface area contributed by atoms with Crippen LogP contribution in [-0.2, 0) is 4.79 Å². The first-order chi connectivity index (χ1) is 10.0. The van der Waals surface area contributed by atoms with Gasteiger partial charge in [0.05, 0.1) is 0 Å². The molecule has 5 heteroatoms. The third-order valence-corrected chi connectivity index (χ3v) is 4.97. The number of aromatic nitrogens is 1. The lowest BCUT2D eigenvalue weighted by Gasteiger charge is -2.39. The maximum atomic E-state index is 12.6. The molecule has 2 N–H and O–H groups in total. The third-order valence-electron chi connectivity index (χ3n) is 4.97. The Labute approximate surface area is 124 Å². The Bertz CT molecular complexity index is 562. The second-order valence-electron chi connectivity index (χ2n) is 6.41. The van der Waals surface area contributed by atoms with Gasteiger partial charge in [-0.25, -0.2) is 4.79 Å². The van der Waals surface area contributed by atoms with Gasteiger partial charge in [0.15, 0.2) is 0 Å². The van der Waals surface area contributed by atoms with E-state index >= 15 is 0 Å². The Morgan fingerprint density at radius 3 is 2.71 bits per heavy atom. The van der Waals surface area contributed by atoms with Gasteiger partial charge in [-0.15, -0.1) is 0 Å². The Hall–Kier alpha value is -1.78. The third kappa shape index (κ3) is 2.45. The SMILES string of the molecule is CC1CCCCC1(NC(=O)c1cccn1C1CC1)C(=O)O. The number of hydrogen-bond acceptors (Lipinski definition) is 2. The van der Waals surface area contributed by atoms with Gasteiger partial charge in [-0.05, 0) is 43.7 Å². The van der Waals surface area contributed by atoms with E-state index in [0.717, 1.165) is 32.1 Å². The normalized spacial score (nSPS) is 29.1. The highest BCUT2D eigenvalue weighted by Gasteiger charge is 2.46. The van der Waals surface area contributed by atoms with E-state index < -0.39 is 11.5 Å². The Balaban J connectivity index is 1.84. The first kappa shape index (κ1) is 14.2. The highest BCUT2D eigenvalue weighted by molar-refractivity contribution is 5.97. The summed E-state index contributed by atoms with van der Waals surface area (Å²) in [6.45, 7) is 1.92. The van der Waals surface area contributed by atoms with Gasteiger partial charge < -0.3 is 15.0 Å². The molecule has 2 unspecified atom stereocenters. The van der Waals surface area contributed by atoms with Crippen molar-refractivity contribution in [3.8, 4) is 0 Å². The number of nitrogens with zero attached hydrogens (tertiary/aromatic N) is 1. The fraction of sp³-hybridized carbons (Fsp3) is 0.625. The first-order valence-corrected chi connectivity index (χ1v) is 7.77. The van der Waals surface area contributed by atoms with Crippen LogP contribution in [0.15, 0.2) is 18.3 Å². The lowest BCUT2D eigenvalue weighted by atomic mass is 9.73. The first-order valence-electron chi connectivity index (χ1n) is 7.77. The van der Waals surface area contributed by atoms with Crippen molar-refractivity contribution in [1.82, 2.24) is 9.88 Å². The number of aliphatic carboxylic acids is 1. The van der Waals surface area contributed by atoms with Crippen LogP contribution < -0.4 is 5.32 Å². The quantitative estimate of drug-likeness (QED) is 0.895. The summed E-state index contributed by atoms with van der Waals surface area (Å²) < 4.78 is 1.97. The van der Waals surface area contributed by atoms with E-state index in [1.54, 1.807) is 6.07 Å². The van der Waals surface area contributed by atoms with Crippen LogP contribution in [0, 0.1) is 5.92 Å². The molecule has 1 aromatic heterocycles. The molecule has 1 aromatic rings. The highest BCUT2D eigenvalue weighted by atomic mass is 16.4. The van der Waals surface area contributed by atoms with Gasteiger partial charge in [0.1, 0.15) is 11.2 Å². The molecular weight excluding hydrogens is 268 g/mol. The Morgan fingerprint density at radius 2 is 2.10 bits per heavy atom. The summed E-state index contributed by atoms with van der Waals surface area (Å²) in [6.07, 6.45) is 7.33. The molecule has 3 rings (SSSR count). The van der Waals surface area contributed by atoms with Crippen molar-refractivity contribution in [2.24, 2.45) is 5.92 Å². The van der Waals surface area contributed by atoms with Crippen LogP contribution >= 0.6 is 0 Å². The van der Waals surface area contributed by atoms with E-state index in [2.05, 4.69) is 5.32 Å². The largest absolute Gasteiger partial charge is 0.479 e. The van der Waals surface area contributed by atoms with Gasteiger partial charge in [-0.3, -0.25) is 4.79 Å². The summed E-state index contributed by atoms with van der Waals surface area (Å²) in [6, 6.07) is 4.03. The minimum atomic E-state index is -1.12. The van der Waals surface area contributed by atoms with E-state index in [9.17, 15) is 14.7 Å². The molecule has 2 atom stereocenters. The van der Waals surface area contributed by atoms with Crippen LogP contribution in [0.2, 0.25) is 0 Å². The molecule has 0 bridgehead atoms. The average Bonchev–Trinajstić information content (AvgIpc) is 3.18. The maximum absolute atomic E-state index is 12.6. The topological polar surface area (TPSA) is 71.3 Å². The van der Waals surface area contributed by atoms with Crippen molar-refractivity contribution in [3.63, 3.8) is 0 Å². The summed E-state index contributed by atoms with van der Waals surface area (Å²) in [5, 5.41) is 12.5. The van der Waals surface area contributed by atoms with Crippen LogP contribution in [0.1, 0.15) is 62.0 Å². The standard InChI is InChI=1S/C16H22N2O3/c1-11-5-2-3-9-16(11,15(20)21)17-14(19)13-6-4-10-18(13)12-7-8-12/h4,6,10-12H,2-3,5,7-9H2,1H3,(H,17,19)(H,20,21). The number of carboxylic acid groups (broad SMARTS) is 1. The molecule has 0 aromatic carbocycles. The van der Waals surface area contributed by atoms with Crippen LogP contribution in [0.25, 0.3) is 0 Å². The highest BCUT2D eigenvalue weighted by Crippen LogP contribution is 2.37. The monoisotopic (exact) mass is 290 g/mol. The second-order valence-corrected chi connectivity index (χ2v) is 6.41. The van der Waals surface area contributed by atoms with Gasteiger partial charge in [0, 0.05) is 12.2 Å². The number of rotatable bonds is 4. The van der Waals surface area contributed by atoms with Crippen LogP contribution in [0.4, 0.5) is 0 Å². The fourth-order valence-electron chi connectivity index (χ4n) is 3.43. The van der Waals surface area contributed by atoms with Crippen LogP contribution in [0.3, 0.4) is 0 Å². The summed E-state index contributed by atoms with van der Waals surface area (Å²) in [5.74, 6) is -1.22. The molecule has 0 saturated heterocycles. The lowest BCUT2D eigenvalue weighted by molar-refractivity contribution is -0.148. The molecule has 114 valence electrons. The molecule has 2 aliphatic rings. The van der Waals surface area contributed by atoms with E-state index in [-0.39, 0.29) is 11.8 Å². The summed E-state index contributed by atoms with van der Waals surface area (Å²) in [7, 11) is 0. The zero-order valence-electron chi connectivity index (χ0n) is 12.3. The number of carbonyl (C=O) groups excluding carboxylic acids is 1. The van der Waals surface area contributed by atoms with Crippen molar-refractivity contribution in [2.75, 3.05) is 0 Å². The molecule has 0 aliphatic heterocycles. The molecule has 2 saturated carbocycles. The number of carboxylic acids is 1. The van der Waals surface area contributed by atoms with Gasteiger partial charge in [0.25, 0.3) is 5.91 Å².